The molecule has 92 valence electrons. The smallest absolute Gasteiger partial charge is 0.157 e. The minimum Gasteiger partial charge on any atom is -0.318 e. The van der Waals surface area contributed by atoms with Crippen LogP contribution in [0, 0.1) is 11.8 Å². The van der Waals surface area contributed by atoms with Gasteiger partial charge in [-0.3, -0.25) is 4.79 Å². The third-order valence-electron chi connectivity index (χ3n) is 3.88. The molecule has 1 aromatic rings. The Morgan fingerprint density at radius 2 is 1.76 bits per heavy atom. The van der Waals surface area contributed by atoms with Gasteiger partial charge in [-0.25, -0.2) is 0 Å². The molecule has 1 aliphatic rings. The highest BCUT2D eigenvalue weighted by Gasteiger charge is 2.28. The van der Waals surface area contributed by atoms with Gasteiger partial charge in [-0.05, 0) is 24.3 Å². The lowest BCUT2D eigenvalue weighted by atomic mass is 9.78. The van der Waals surface area contributed by atoms with Crippen LogP contribution in [0.25, 0.3) is 0 Å². The van der Waals surface area contributed by atoms with E-state index in [4.69, 9.17) is 5.73 Å². The molecule has 0 amide bonds. The van der Waals surface area contributed by atoms with E-state index in [0.717, 1.165) is 37.2 Å². The lowest BCUT2D eigenvalue weighted by Crippen LogP contribution is -2.30. The molecule has 2 N–H and O–H groups in total. The van der Waals surface area contributed by atoms with Crippen molar-refractivity contribution in [3.05, 3.63) is 35.9 Å². The van der Waals surface area contributed by atoms with Crippen LogP contribution in [0.2, 0.25) is 0 Å². The fourth-order valence-corrected chi connectivity index (χ4v) is 2.62. The van der Waals surface area contributed by atoms with E-state index >= 15 is 0 Å². The van der Waals surface area contributed by atoms with Crippen LogP contribution in [-0.4, -0.2) is 5.78 Å². The summed E-state index contributed by atoms with van der Waals surface area (Å²) >= 11 is 0. The van der Waals surface area contributed by atoms with Crippen molar-refractivity contribution in [2.75, 3.05) is 0 Å². The number of hydrogen-bond acceptors (Lipinski definition) is 2. The van der Waals surface area contributed by atoms with Gasteiger partial charge in [0.05, 0.1) is 6.04 Å². The second-order valence-corrected chi connectivity index (χ2v) is 5.25. The molecule has 2 nitrogen and oxygen atoms in total. The molecule has 0 spiro atoms. The molecule has 1 aromatic carbocycles. The Kier molecular flexibility index (Phi) is 3.95. The molecule has 1 fully saturated rings. The summed E-state index contributed by atoms with van der Waals surface area (Å²) in [7, 11) is 0. The zero-order valence-electron chi connectivity index (χ0n) is 10.4. The second kappa shape index (κ2) is 5.46. The summed E-state index contributed by atoms with van der Waals surface area (Å²) in [5, 5.41) is 0. The number of carbonyl (C=O) groups excluding carboxylic acids is 1. The summed E-state index contributed by atoms with van der Waals surface area (Å²) in [6, 6.07) is 9.26. The van der Waals surface area contributed by atoms with Crippen LogP contribution in [0.3, 0.4) is 0 Å². The van der Waals surface area contributed by atoms with Crippen LogP contribution in [-0.2, 0) is 4.79 Å². The summed E-state index contributed by atoms with van der Waals surface area (Å²) in [5.74, 6) is 1.18. The Hall–Kier alpha value is -1.15. The lowest BCUT2D eigenvalue weighted by molar-refractivity contribution is -0.125. The van der Waals surface area contributed by atoms with E-state index in [9.17, 15) is 4.79 Å². The predicted molar refractivity (Wildman–Crippen MR) is 69.5 cm³/mol. The van der Waals surface area contributed by atoms with Gasteiger partial charge in [0, 0.05) is 5.92 Å². The maximum atomic E-state index is 12.3. The van der Waals surface area contributed by atoms with E-state index in [1.807, 2.05) is 30.3 Å². The maximum absolute atomic E-state index is 12.3. The van der Waals surface area contributed by atoms with Gasteiger partial charge in [0.2, 0.25) is 0 Å². The molecule has 0 heterocycles. The van der Waals surface area contributed by atoms with E-state index in [2.05, 4.69) is 6.92 Å². The molecule has 0 unspecified atom stereocenters. The Labute approximate surface area is 103 Å². The molecular weight excluding hydrogens is 210 g/mol. The van der Waals surface area contributed by atoms with Crippen molar-refractivity contribution in [2.24, 2.45) is 17.6 Å². The normalized spacial score (nSPS) is 26.5. The van der Waals surface area contributed by atoms with E-state index < -0.39 is 6.04 Å². The maximum Gasteiger partial charge on any atom is 0.157 e. The van der Waals surface area contributed by atoms with Crippen LogP contribution in [0.15, 0.2) is 30.3 Å². The van der Waals surface area contributed by atoms with Crippen molar-refractivity contribution < 1.29 is 4.79 Å². The van der Waals surface area contributed by atoms with Gasteiger partial charge in [-0.15, -0.1) is 0 Å². The van der Waals surface area contributed by atoms with Crippen LogP contribution < -0.4 is 5.73 Å². The minimum atomic E-state index is -0.436. The Morgan fingerprint density at radius 3 is 2.35 bits per heavy atom. The predicted octanol–water partition coefficient (Wildman–Crippen LogP) is 3.08. The van der Waals surface area contributed by atoms with Crippen molar-refractivity contribution in [3.8, 4) is 0 Å². The SMILES string of the molecule is CC1CCC(C(=O)[C@H](N)c2ccccc2)CC1. The van der Waals surface area contributed by atoms with Gasteiger partial charge in [-0.1, -0.05) is 50.1 Å². The van der Waals surface area contributed by atoms with Crippen LogP contribution >= 0.6 is 0 Å². The summed E-state index contributed by atoms with van der Waals surface area (Å²) in [6.45, 7) is 2.26. The Morgan fingerprint density at radius 1 is 1.18 bits per heavy atom. The molecule has 1 aliphatic carbocycles. The van der Waals surface area contributed by atoms with Gasteiger partial charge in [0.1, 0.15) is 0 Å². The van der Waals surface area contributed by atoms with E-state index in [-0.39, 0.29) is 11.7 Å². The monoisotopic (exact) mass is 231 g/mol. The first kappa shape index (κ1) is 12.3. The number of Topliss-reactive ketones (excluding diaryl/α,β-unsaturated/α-hetero) is 1. The number of hydrogen-bond donors (Lipinski definition) is 1. The van der Waals surface area contributed by atoms with E-state index in [0.29, 0.717) is 0 Å². The summed E-state index contributed by atoms with van der Waals surface area (Å²) < 4.78 is 0. The summed E-state index contributed by atoms with van der Waals surface area (Å²) in [6.07, 6.45) is 4.36. The molecule has 2 rings (SSSR count). The first-order valence-corrected chi connectivity index (χ1v) is 6.52. The standard InChI is InChI=1S/C15H21NO/c1-11-7-9-13(10-8-11)15(17)14(16)12-5-3-2-4-6-12/h2-6,11,13-14H,7-10,16H2,1H3/t11?,13?,14-/m1/s1. The van der Waals surface area contributed by atoms with Gasteiger partial charge in [-0.2, -0.15) is 0 Å². The molecule has 2 heteroatoms. The topological polar surface area (TPSA) is 43.1 Å². The zero-order valence-corrected chi connectivity index (χ0v) is 10.4. The van der Waals surface area contributed by atoms with E-state index in [1.165, 1.54) is 0 Å². The highest BCUT2D eigenvalue weighted by Crippen LogP contribution is 2.31. The fourth-order valence-electron chi connectivity index (χ4n) is 2.62. The van der Waals surface area contributed by atoms with Crippen molar-refractivity contribution in [1.82, 2.24) is 0 Å². The van der Waals surface area contributed by atoms with Gasteiger partial charge >= 0.3 is 0 Å². The third kappa shape index (κ3) is 2.95. The molecule has 0 bridgehead atoms. The first-order chi connectivity index (χ1) is 8.18. The third-order valence-corrected chi connectivity index (χ3v) is 3.88. The molecule has 0 aliphatic heterocycles. The second-order valence-electron chi connectivity index (χ2n) is 5.25. The average molecular weight is 231 g/mol. The number of nitrogens with two attached hydrogens (primary N) is 1. The van der Waals surface area contributed by atoms with Gasteiger partial charge < -0.3 is 5.73 Å². The molecule has 17 heavy (non-hydrogen) atoms. The number of carbonyl (C=O) groups is 1. The quantitative estimate of drug-likeness (QED) is 0.868. The molecular formula is C15H21NO. The zero-order chi connectivity index (χ0) is 12.3. The number of ketones is 1. The highest BCUT2D eigenvalue weighted by molar-refractivity contribution is 5.87. The van der Waals surface area contributed by atoms with E-state index in [1.54, 1.807) is 0 Å². The van der Waals surface area contributed by atoms with Crippen LogP contribution in [0.5, 0.6) is 0 Å². The fraction of sp³-hybridized carbons (Fsp3) is 0.533. The van der Waals surface area contributed by atoms with Crippen molar-refractivity contribution in [1.29, 1.82) is 0 Å². The molecule has 0 saturated heterocycles. The Bertz CT molecular complexity index is 366. The van der Waals surface area contributed by atoms with Gasteiger partial charge in [0.25, 0.3) is 0 Å². The summed E-state index contributed by atoms with van der Waals surface area (Å²) in [4.78, 5) is 12.3. The van der Waals surface area contributed by atoms with Crippen molar-refractivity contribution >= 4 is 5.78 Å². The largest absolute Gasteiger partial charge is 0.318 e. The Balaban J connectivity index is 2.00. The van der Waals surface area contributed by atoms with Gasteiger partial charge in [0.15, 0.2) is 5.78 Å². The lowest BCUT2D eigenvalue weighted by Gasteiger charge is -2.27. The van der Waals surface area contributed by atoms with Crippen molar-refractivity contribution in [3.63, 3.8) is 0 Å². The van der Waals surface area contributed by atoms with Crippen LogP contribution in [0.1, 0.15) is 44.2 Å². The highest BCUT2D eigenvalue weighted by atomic mass is 16.1. The van der Waals surface area contributed by atoms with Crippen molar-refractivity contribution in [2.45, 2.75) is 38.6 Å². The number of rotatable bonds is 3. The molecule has 1 saturated carbocycles. The first-order valence-electron chi connectivity index (χ1n) is 6.52. The molecule has 0 radical (unpaired) electrons. The van der Waals surface area contributed by atoms with Crippen LogP contribution in [0.4, 0.5) is 0 Å². The minimum absolute atomic E-state index is 0.182. The molecule has 0 aromatic heterocycles. The average Bonchev–Trinajstić information content (AvgIpc) is 2.39. The summed E-state index contributed by atoms with van der Waals surface area (Å²) in [5.41, 5.74) is 7.00. The number of benzene rings is 1. The molecule has 1 atom stereocenters.